The fourth-order valence-corrected chi connectivity index (χ4v) is 7.95. The molecule has 0 aromatic carbocycles. The Morgan fingerprint density at radius 3 is 2.51 bits per heavy atom. The molecule has 0 aromatic heterocycles. The number of esters is 2. The highest BCUT2D eigenvalue weighted by Gasteiger charge is 2.66. The maximum Gasteiger partial charge on any atom is 0.334 e. The van der Waals surface area contributed by atoms with E-state index in [2.05, 4.69) is 19.6 Å². The van der Waals surface area contributed by atoms with Crippen molar-refractivity contribution in [1.29, 1.82) is 0 Å². The number of Topliss-reactive ketones (excluding diaryl/α,β-unsaturated/α-hetero) is 2. The zero-order valence-electron chi connectivity index (χ0n) is 22.2. The highest BCUT2D eigenvalue weighted by Crippen LogP contribution is 2.61. The van der Waals surface area contributed by atoms with Gasteiger partial charge in [0, 0.05) is 29.4 Å². The number of ketones is 2. The Morgan fingerprint density at radius 2 is 1.84 bits per heavy atom. The first-order valence-electron chi connectivity index (χ1n) is 13.6. The minimum absolute atomic E-state index is 0.144. The summed E-state index contributed by atoms with van der Waals surface area (Å²) in [6, 6.07) is 0. The molecule has 1 saturated carbocycles. The van der Waals surface area contributed by atoms with E-state index in [0.29, 0.717) is 49.7 Å². The monoisotopic (exact) mass is 510 g/mol. The minimum atomic E-state index is -1.30. The molecular weight excluding hydrogens is 472 g/mol. The van der Waals surface area contributed by atoms with Crippen molar-refractivity contribution in [3.8, 4) is 0 Å². The van der Waals surface area contributed by atoms with Crippen LogP contribution in [-0.4, -0.2) is 46.4 Å². The van der Waals surface area contributed by atoms with Gasteiger partial charge in [0.1, 0.15) is 23.4 Å². The lowest BCUT2D eigenvalue weighted by molar-refractivity contribution is -0.151. The summed E-state index contributed by atoms with van der Waals surface area (Å²) in [6.45, 7) is 11.0. The molecule has 37 heavy (non-hydrogen) atoms. The molecule has 5 aliphatic rings. The molecule has 1 N–H and O–H groups in total. The normalized spacial score (nSPS) is 42.9. The molecule has 2 aliphatic heterocycles. The number of hydrogen-bond acceptors (Lipinski definition) is 7. The number of allylic oxidation sites excluding steroid dienone is 2. The van der Waals surface area contributed by atoms with Gasteiger partial charge in [-0.15, -0.1) is 0 Å². The smallest absolute Gasteiger partial charge is 0.334 e. The van der Waals surface area contributed by atoms with Crippen LogP contribution in [0.2, 0.25) is 0 Å². The second-order valence-corrected chi connectivity index (χ2v) is 12.2. The van der Waals surface area contributed by atoms with Crippen molar-refractivity contribution in [2.75, 3.05) is 0 Å². The third kappa shape index (κ3) is 3.96. The summed E-state index contributed by atoms with van der Waals surface area (Å²) in [5.74, 6) is -1.80. The van der Waals surface area contributed by atoms with Crippen molar-refractivity contribution in [3.63, 3.8) is 0 Å². The Hall–Kier alpha value is -2.54. The Morgan fingerprint density at radius 1 is 1.11 bits per heavy atom. The van der Waals surface area contributed by atoms with E-state index >= 15 is 0 Å². The summed E-state index contributed by atoms with van der Waals surface area (Å²) in [5.41, 5.74) is -0.483. The Bertz CT molecular complexity index is 1130. The van der Waals surface area contributed by atoms with Crippen LogP contribution in [0.15, 0.2) is 35.5 Å². The number of carbonyl (C=O) groups is 4. The van der Waals surface area contributed by atoms with Crippen LogP contribution < -0.4 is 0 Å². The lowest BCUT2D eigenvalue weighted by atomic mass is 9.54. The number of hydrogen-bond donors (Lipinski definition) is 1. The van der Waals surface area contributed by atoms with E-state index in [0.717, 1.165) is 0 Å². The quantitative estimate of drug-likeness (QED) is 0.346. The second kappa shape index (κ2) is 9.04. The molecule has 0 bridgehead atoms. The molecule has 2 heterocycles. The fraction of sp³-hybridized carbons (Fsp3) is 0.667. The van der Waals surface area contributed by atoms with Gasteiger partial charge in [-0.1, -0.05) is 32.1 Å². The van der Waals surface area contributed by atoms with E-state index < -0.39 is 11.0 Å². The lowest BCUT2D eigenvalue weighted by Gasteiger charge is -2.48. The third-order valence-electron chi connectivity index (χ3n) is 10.1. The molecule has 2 saturated heterocycles. The third-order valence-corrected chi connectivity index (χ3v) is 10.1. The topological polar surface area (TPSA) is 107 Å². The maximum absolute atomic E-state index is 13.8. The standard InChI is InChI=1S/C30H38O7/c1-15-10-26-23(9-8-20(15)7-6-17(3)31)29(28(34)37-26)13-21-12-22-18(4)27(33)36-25(22)11-16(2)30(21,35)14-24(29)19(5)32/h8,14-16,21-23,25-26,35H,4,6-7,9-13H2,1-3,5H3/t15-,16-,21-,22+,23-,25-,26-,29-,30-/m0/s1. The van der Waals surface area contributed by atoms with Crippen LogP contribution in [0.1, 0.15) is 72.6 Å². The van der Waals surface area contributed by atoms with Crippen LogP contribution in [-0.2, 0) is 28.7 Å². The molecule has 7 nitrogen and oxygen atoms in total. The first-order valence-corrected chi connectivity index (χ1v) is 13.6. The molecule has 7 heteroatoms. The number of fused-ring (bicyclic) bond motifs is 4. The van der Waals surface area contributed by atoms with Crippen molar-refractivity contribution in [2.24, 2.45) is 35.0 Å². The van der Waals surface area contributed by atoms with Gasteiger partial charge in [0.2, 0.25) is 0 Å². The summed E-state index contributed by atoms with van der Waals surface area (Å²) in [4.78, 5) is 50.8. The lowest BCUT2D eigenvalue weighted by Crippen LogP contribution is -2.53. The van der Waals surface area contributed by atoms with Crippen LogP contribution in [0.3, 0.4) is 0 Å². The molecule has 5 rings (SSSR count). The van der Waals surface area contributed by atoms with Gasteiger partial charge in [-0.05, 0) is 76.2 Å². The molecular formula is C30H38O7. The average molecular weight is 511 g/mol. The molecule has 0 radical (unpaired) electrons. The fourth-order valence-electron chi connectivity index (χ4n) is 7.95. The Balaban J connectivity index is 1.57. The zero-order valence-corrected chi connectivity index (χ0v) is 22.2. The first-order chi connectivity index (χ1) is 17.4. The van der Waals surface area contributed by atoms with Gasteiger partial charge in [0.15, 0.2) is 5.78 Å². The van der Waals surface area contributed by atoms with Crippen molar-refractivity contribution in [1.82, 2.24) is 0 Å². The van der Waals surface area contributed by atoms with Crippen molar-refractivity contribution >= 4 is 23.5 Å². The van der Waals surface area contributed by atoms with Gasteiger partial charge in [-0.25, -0.2) is 4.79 Å². The summed E-state index contributed by atoms with van der Waals surface area (Å²) in [5, 5.41) is 12.1. The van der Waals surface area contributed by atoms with Gasteiger partial charge >= 0.3 is 11.9 Å². The molecule has 0 amide bonds. The van der Waals surface area contributed by atoms with Crippen LogP contribution in [0.4, 0.5) is 0 Å². The summed E-state index contributed by atoms with van der Waals surface area (Å²) >= 11 is 0. The molecule has 3 aliphatic carbocycles. The SMILES string of the molecule is C=C1C(=O)O[C@H]2C[C@H](C)[C@@]3(O)C=C(C(C)=O)[C@@]4(C[C@@H]3C[C@H]12)C(=O)O[C@H]1C[C@H](C)C(CCC(C)=O)=CC[C@@H]14. The molecule has 3 fully saturated rings. The maximum atomic E-state index is 13.8. The zero-order chi connectivity index (χ0) is 26.9. The largest absolute Gasteiger partial charge is 0.461 e. The predicted molar refractivity (Wildman–Crippen MR) is 135 cm³/mol. The molecule has 9 atom stereocenters. The van der Waals surface area contributed by atoms with Gasteiger partial charge in [0.05, 0.1) is 5.60 Å². The summed E-state index contributed by atoms with van der Waals surface area (Å²) in [6.07, 6.45) is 6.70. The van der Waals surface area contributed by atoms with Gasteiger partial charge in [0.25, 0.3) is 0 Å². The first kappa shape index (κ1) is 26.1. The number of ether oxygens (including phenoxy) is 2. The van der Waals surface area contributed by atoms with Crippen molar-refractivity contribution in [3.05, 3.63) is 35.5 Å². The van der Waals surface area contributed by atoms with Gasteiger partial charge < -0.3 is 19.4 Å². The molecule has 200 valence electrons. The van der Waals surface area contributed by atoms with E-state index in [9.17, 15) is 24.3 Å². The highest BCUT2D eigenvalue weighted by molar-refractivity contribution is 6.03. The summed E-state index contributed by atoms with van der Waals surface area (Å²) < 4.78 is 11.6. The van der Waals surface area contributed by atoms with Crippen LogP contribution in [0.5, 0.6) is 0 Å². The number of rotatable bonds is 4. The van der Waals surface area contributed by atoms with Crippen LogP contribution in [0, 0.1) is 35.0 Å². The Labute approximate surface area is 218 Å². The highest BCUT2D eigenvalue weighted by atomic mass is 16.6. The van der Waals surface area contributed by atoms with E-state index in [1.165, 1.54) is 12.5 Å². The van der Waals surface area contributed by atoms with Crippen LogP contribution >= 0.6 is 0 Å². The van der Waals surface area contributed by atoms with E-state index in [1.807, 2.05) is 6.92 Å². The van der Waals surface area contributed by atoms with E-state index in [-0.39, 0.29) is 71.7 Å². The van der Waals surface area contributed by atoms with E-state index in [4.69, 9.17) is 9.47 Å². The average Bonchev–Trinajstić information content (AvgIpc) is 3.09. The predicted octanol–water partition coefficient (Wildman–Crippen LogP) is 4.03. The van der Waals surface area contributed by atoms with Gasteiger partial charge in [-0.3, -0.25) is 9.59 Å². The molecule has 0 unspecified atom stereocenters. The Kier molecular flexibility index (Phi) is 6.37. The van der Waals surface area contributed by atoms with Gasteiger partial charge in [-0.2, -0.15) is 0 Å². The number of aliphatic hydroxyl groups is 1. The molecule has 0 aromatic rings. The summed E-state index contributed by atoms with van der Waals surface area (Å²) in [7, 11) is 0. The second-order valence-electron chi connectivity index (χ2n) is 12.2. The van der Waals surface area contributed by atoms with Crippen molar-refractivity contribution < 1.29 is 33.8 Å². The molecule has 1 spiro atoms. The number of carbonyl (C=O) groups excluding carboxylic acids is 4. The van der Waals surface area contributed by atoms with E-state index in [1.54, 1.807) is 13.0 Å². The minimum Gasteiger partial charge on any atom is -0.461 e. The van der Waals surface area contributed by atoms with Crippen LogP contribution in [0.25, 0.3) is 0 Å². The van der Waals surface area contributed by atoms with Crippen molar-refractivity contribution in [2.45, 2.75) is 90.4 Å².